The Morgan fingerprint density at radius 2 is 0.908 bits per heavy atom. The van der Waals surface area contributed by atoms with Crippen molar-refractivity contribution >= 4 is 23.5 Å². The van der Waals surface area contributed by atoms with Crippen molar-refractivity contribution in [3.63, 3.8) is 0 Å². The number of Topliss-reactive ketones (excluding diaryl/α,β-unsaturated/α-hetero) is 2. The molecule has 0 aromatic rings. The standard InChI is InChI=1S/C45H71NO10.C41H63NO10.CH4/c1-10-13-15-30-16-14-17-38(56-40-21-20-37(46(7)8)27(5)52-40)26(4)41(48)36-24-34-32(35(36)25-39(47)54-30)19-18-29-22-31(23-33(29)34)55-45-44(49-9)43(51-12-3)42(50-11-2)28(6)53-45;1-8-9-11-26-12-10-13-34(52-36-17-16-33(42(5)6)23(3)48-36)22(2)37(44)32-20-30-28(31(32)21-35(43)50-26)15-14-25-18-27(19-29(25)30)51-41-40(47-7)39(46)38(45)24(4)49-41;/h13,15,18-19,24,26-35,37-38,40,42-45H,10-12,14,16-17,20-23,25H2,1-9H3;9,11,14-15,20,22-31,33-34,36,38-41,45-46H,8,10,12-13,16-19,21H2,1-7H3;1H4/b15-13+;11-9+;/t26-,27-,28+,29?,30+,31-,32?,33?,34?,35?,37+,38+,40?,42+,43-,44-,45+;22-,23-,24+,25?,26+,27-,28?,29?,30?,31?,33+,34+,36?,38+,39-,40-,41+;/m11./s1. The van der Waals surface area contributed by atoms with Gasteiger partial charge in [-0.15, -0.1) is 0 Å². The maximum absolute atomic E-state index is 14.8. The number of rotatable bonds is 20. The lowest BCUT2D eigenvalue weighted by Crippen LogP contribution is -2.60. The number of likely N-dealkylation sites (N-methyl/N-ethyl adjacent to an activating group) is 2. The molecule has 0 aromatic heterocycles. The zero-order chi connectivity index (χ0) is 77.4. The van der Waals surface area contributed by atoms with E-state index in [2.05, 4.69) is 114 Å². The molecule has 0 amide bonds. The first-order valence-corrected chi connectivity index (χ1v) is 41.7. The van der Waals surface area contributed by atoms with Gasteiger partial charge in [-0.25, -0.2) is 0 Å². The van der Waals surface area contributed by atoms with E-state index in [-0.39, 0.29) is 189 Å². The highest BCUT2D eigenvalue weighted by molar-refractivity contribution is 6.00. The van der Waals surface area contributed by atoms with Crippen LogP contribution in [0.2, 0.25) is 0 Å². The molecule has 6 aliphatic heterocycles. The molecule has 2 saturated carbocycles. The van der Waals surface area contributed by atoms with E-state index in [9.17, 15) is 29.4 Å². The van der Waals surface area contributed by atoms with E-state index in [1.54, 1.807) is 14.0 Å². The number of ether oxygens (including phenoxy) is 14. The Morgan fingerprint density at radius 3 is 1.32 bits per heavy atom. The van der Waals surface area contributed by atoms with Crippen molar-refractivity contribution in [2.24, 2.45) is 71.0 Å². The fourth-order valence-corrected chi connectivity index (χ4v) is 20.6. The minimum atomic E-state index is -1.12. The minimum absolute atomic E-state index is 0. The third kappa shape index (κ3) is 20.5. The number of fused-ring (bicyclic) bond motifs is 10. The van der Waals surface area contributed by atoms with Gasteiger partial charge in [0.1, 0.15) is 48.8 Å². The largest absolute Gasteiger partial charge is 0.458 e. The number of cyclic esters (lactones) is 2. The van der Waals surface area contributed by atoms with E-state index in [0.29, 0.717) is 51.0 Å². The molecule has 0 bridgehead atoms. The van der Waals surface area contributed by atoms with Crippen LogP contribution < -0.4 is 0 Å². The molecular formula is C87H138N2O20. The molecule has 6 heterocycles. The van der Waals surface area contributed by atoms with Crippen LogP contribution in [0.1, 0.15) is 192 Å². The molecule has 12 unspecified atom stereocenters. The Morgan fingerprint density at radius 1 is 0.477 bits per heavy atom. The molecule has 8 fully saturated rings. The van der Waals surface area contributed by atoms with Gasteiger partial charge >= 0.3 is 11.9 Å². The summed E-state index contributed by atoms with van der Waals surface area (Å²) in [6.07, 6.45) is 26.1. The van der Waals surface area contributed by atoms with Gasteiger partial charge in [0, 0.05) is 63.2 Å². The third-order valence-electron chi connectivity index (χ3n) is 26.3. The molecule has 2 N–H and O–H groups in total. The summed E-state index contributed by atoms with van der Waals surface area (Å²) in [7, 11) is 11.5. The van der Waals surface area contributed by atoms with Crippen LogP contribution in [0.25, 0.3) is 0 Å². The quantitative estimate of drug-likeness (QED) is 0.0850. The number of aliphatic hydroxyl groups is 2. The van der Waals surface area contributed by atoms with Crippen molar-refractivity contribution in [1.82, 2.24) is 9.80 Å². The highest BCUT2D eigenvalue weighted by Crippen LogP contribution is 2.57. The Bertz CT molecular complexity index is 3130. The van der Waals surface area contributed by atoms with Crippen molar-refractivity contribution in [1.29, 1.82) is 0 Å². The van der Waals surface area contributed by atoms with E-state index in [1.165, 1.54) is 7.11 Å². The van der Waals surface area contributed by atoms with Crippen LogP contribution in [0.3, 0.4) is 0 Å². The SMILES string of the molecule is C.CC/C=C/[C@H]1CCC[C@H](OC2CC[C@H](N(C)C)[C@@H](C)O2)[C@@H](C)C(=O)C2=CC3C(C=CC4C[C@@H](O[C@@H]5O[C@@H](C)[C@H](O)[C@@H](O)[C@H]5OC)CC43)C2CC(=O)O1.CC/C=C/[C@H]1CCC[C@H](OC2CC[C@H](N(C)C)[C@@H](C)O2)[C@@H](C)C(=O)C2=CC3C(C=CC4C[C@@H](O[C@@H]5O[C@@H](C)[C@H](OCC)[C@@H](OCC)[C@H]5OC)CC43)C2CC(=O)O1. The summed E-state index contributed by atoms with van der Waals surface area (Å²) < 4.78 is 87.9. The number of methoxy groups -OCH3 is 2. The van der Waals surface area contributed by atoms with Crippen LogP contribution in [0.15, 0.2) is 71.9 Å². The lowest BCUT2D eigenvalue weighted by atomic mass is 9.70. The molecular weight excluding hydrogens is 1390 g/mol. The van der Waals surface area contributed by atoms with Gasteiger partial charge in [-0.05, 0) is 243 Å². The topological polar surface area (TPSA) is 244 Å². The van der Waals surface area contributed by atoms with Crippen LogP contribution in [-0.4, -0.2) is 234 Å². The van der Waals surface area contributed by atoms with Crippen molar-refractivity contribution in [2.45, 2.75) is 327 Å². The van der Waals surface area contributed by atoms with Gasteiger partial charge < -0.3 is 86.3 Å². The number of allylic oxidation sites excluding steroid dienone is 10. The zero-order valence-corrected chi connectivity index (χ0v) is 67.7. The maximum atomic E-state index is 14.8. The number of carbonyl (C=O) groups is 4. The number of nitrogens with zero attached hydrogens (tertiary/aromatic N) is 2. The van der Waals surface area contributed by atoms with Gasteiger partial charge in [0.2, 0.25) is 0 Å². The van der Waals surface area contributed by atoms with Crippen LogP contribution in [-0.2, 0) is 85.5 Å². The second kappa shape index (κ2) is 40.1. The van der Waals surface area contributed by atoms with E-state index < -0.39 is 49.0 Å². The average Bonchev–Trinajstić information content (AvgIpc) is 1.65. The summed E-state index contributed by atoms with van der Waals surface area (Å²) in [5.74, 6) is -0.539. The normalized spacial score (nSPS) is 44.2. The molecule has 0 spiro atoms. The smallest absolute Gasteiger partial charge is 0.307 e. The fourth-order valence-electron chi connectivity index (χ4n) is 20.6. The van der Waals surface area contributed by atoms with Crippen LogP contribution in [0.4, 0.5) is 0 Å². The fraction of sp³-hybridized carbons (Fsp3) is 0.816. The molecule has 34 atom stereocenters. The summed E-state index contributed by atoms with van der Waals surface area (Å²) in [4.78, 5) is 61.1. The predicted octanol–water partition coefficient (Wildman–Crippen LogP) is 12.2. The van der Waals surface area contributed by atoms with Crippen molar-refractivity contribution in [2.75, 3.05) is 55.6 Å². The van der Waals surface area contributed by atoms with Gasteiger partial charge in [0.25, 0.3) is 0 Å². The Balaban J connectivity index is 0.000000231. The summed E-state index contributed by atoms with van der Waals surface area (Å²) in [5, 5.41) is 21.0. The first kappa shape index (κ1) is 87.5. The maximum Gasteiger partial charge on any atom is 0.307 e. The van der Waals surface area contributed by atoms with Gasteiger partial charge in [0.05, 0.1) is 61.7 Å². The monoisotopic (exact) mass is 1530 g/mol. The van der Waals surface area contributed by atoms with Crippen LogP contribution >= 0.6 is 0 Å². The molecule has 6 saturated heterocycles. The molecule has 12 rings (SSSR count). The molecule has 6 aliphatic carbocycles. The minimum Gasteiger partial charge on any atom is -0.458 e. The van der Waals surface area contributed by atoms with Crippen molar-refractivity contribution in [3.8, 4) is 0 Å². The average molecular weight is 1530 g/mol. The molecule has 0 radical (unpaired) electrons. The Hall–Kier alpha value is -3.92. The first-order chi connectivity index (χ1) is 51.9. The van der Waals surface area contributed by atoms with Gasteiger partial charge in [-0.2, -0.15) is 0 Å². The number of hydrogen-bond acceptors (Lipinski definition) is 22. The highest BCUT2D eigenvalue weighted by atomic mass is 16.7. The number of hydrogen-bond donors (Lipinski definition) is 2. The van der Waals surface area contributed by atoms with Crippen molar-refractivity contribution < 1.29 is 95.7 Å². The molecule has 0 aromatic carbocycles. The summed E-state index contributed by atoms with van der Waals surface area (Å²) in [5.41, 5.74) is 1.47. The Labute approximate surface area is 651 Å². The summed E-state index contributed by atoms with van der Waals surface area (Å²) in [6.45, 7) is 21.1. The summed E-state index contributed by atoms with van der Waals surface area (Å²) >= 11 is 0. The van der Waals surface area contributed by atoms with E-state index in [4.69, 9.17) is 66.3 Å². The predicted molar refractivity (Wildman–Crippen MR) is 413 cm³/mol. The van der Waals surface area contributed by atoms with E-state index >= 15 is 0 Å². The zero-order valence-electron chi connectivity index (χ0n) is 67.7. The lowest BCUT2D eigenvalue weighted by Gasteiger charge is -2.45. The second-order valence-electron chi connectivity index (χ2n) is 33.7. The van der Waals surface area contributed by atoms with Gasteiger partial charge in [-0.3, -0.25) is 19.2 Å². The van der Waals surface area contributed by atoms with E-state index in [1.807, 2.05) is 46.8 Å². The van der Waals surface area contributed by atoms with Crippen LogP contribution in [0, 0.1) is 71.0 Å². The molecule has 109 heavy (non-hydrogen) atoms. The van der Waals surface area contributed by atoms with Gasteiger partial charge in [-0.1, -0.05) is 83.7 Å². The number of aliphatic hydroxyl groups excluding tert-OH is 2. The number of ketones is 2. The van der Waals surface area contributed by atoms with Crippen LogP contribution in [0.5, 0.6) is 0 Å². The van der Waals surface area contributed by atoms with E-state index in [0.717, 1.165) is 88.2 Å². The molecule has 22 nitrogen and oxygen atoms in total. The molecule has 616 valence electrons. The molecule has 12 aliphatic rings. The highest BCUT2D eigenvalue weighted by Gasteiger charge is 2.56. The third-order valence-corrected chi connectivity index (χ3v) is 26.3. The number of esters is 2. The first-order valence-electron chi connectivity index (χ1n) is 41.7. The van der Waals surface area contributed by atoms with Crippen molar-refractivity contribution in [3.05, 3.63) is 71.9 Å². The summed E-state index contributed by atoms with van der Waals surface area (Å²) in [6, 6.07) is 0.650. The second-order valence-corrected chi connectivity index (χ2v) is 33.7. The molecule has 22 heteroatoms. The van der Waals surface area contributed by atoms with Gasteiger partial charge in [0.15, 0.2) is 36.7 Å². The Kier molecular flexibility index (Phi) is 32.2. The lowest BCUT2D eigenvalue weighted by molar-refractivity contribution is -0.319. The number of carbonyl (C=O) groups excluding carboxylic acids is 4.